The van der Waals surface area contributed by atoms with Crippen LogP contribution in [0.25, 0.3) is 11.3 Å². The minimum Gasteiger partial charge on any atom is -0.324 e. The lowest BCUT2D eigenvalue weighted by molar-refractivity contribution is -0.136. The summed E-state index contributed by atoms with van der Waals surface area (Å²) in [5.41, 5.74) is 6.51. The summed E-state index contributed by atoms with van der Waals surface area (Å²) < 4.78 is 15.0. The molecule has 1 unspecified atom stereocenters. The van der Waals surface area contributed by atoms with E-state index in [0.29, 0.717) is 34.9 Å². The predicted molar refractivity (Wildman–Crippen MR) is 187 cm³/mol. The van der Waals surface area contributed by atoms with Crippen molar-refractivity contribution in [1.29, 1.82) is 0 Å². The number of aryl methyl sites for hydroxylation is 1. The van der Waals surface area contributed by atoms with Crippen LogP contribution in [0, 0.1) is 12.7 Å². The molecule has 1 atom stereocenters. The first kappa shape index (κ1) is 33.2. The molecule has 3 aromatic carbocycles. The first-order chi connectivity index (χ1) is 24.7. The summed E-state index contributed by atoms with van der Waals surface area (Å²) in [6, 6.07) is 20.3. The van der Waals surface area contributed by atoms with Crippen molar-refractivity contribution in [2.75, 3.05) is 10.6 Å². The molecular formula is C38H33FN8O4. The largest absolute Gasteiger partial charge is 0.324 e. The first-order valence-corrected chi connectivity index (χ1v) is 16.4. The Kier molecular flexibility index (Phi) is 9.27. The van der Waals surface area contributed by atoms with Gasteiger partial charge in [-0.15, -0.1) is 0 Å². The topological polar surface area (TPSA) is 158 Å². The number of halogens is 1. The van der Waals surface area contributed by atoms with E-state index in [0.717, 1.165) is 28.1 Å². The molecule has 4 amide bonds. The van der Waals surface area contributed by atoms with Gasteiger partial charge in [0.2, 0.25) is 17.8 Å². The number of rotatable bonds is 10. The van der Waals surface area contributed by atoms with Crippen LogP contribution in [0.4, 0.5) is 21.7 Å². The minimum absolute atomic E-state index is 0.151. The summed E-state index contributed by atoms with van der Waals surface area (Å²) in [5, 5.41) is 11.7. The summed E-state index contributed by atoms with van der Waals surface area (Å²) in [6.45, 7) is 2.74. The molecule has 51 heavy (non-hydrogen) atoms. The van der Waals surface area contributed by atoms with E-state index in [4.69, 9.17) is 0 Å². The molecule has 0 bridgehead atoms. The van der Waals surface area contributed by atoms with Crippen molar-refractivity contribution in [2.45, 2.75) is 45.4 Å². The Balaban J connectivity index is 0.936. The van der Waals surface area contributed by atoms with E-state index in [-0.39, 0.29) is 43.3 Å². The fraction of sp³-hybridized carbons (Fsp3) is 0.184. The van der Waals surface area contributed by atoms with E-state index in [2.05, 4.69) is 36.2 Å². The number of pyridine rings is 1. The van der Waals surface area contributed by atoms with Gasteiger partial charge < -0.3 is 20.9 Å². The average molecular weight is 685 g/mol. The van der Waals surface area contributed by atoms with Crippen LogP contribution in [0.15, 0.2) is 91.4 Å². The summed E-state index contributed by atoms with van der Waals surface area (Å²) in [6.07, 6.45) is 5.50. The Labute approximate surface area is 292 Å². The van der Waals surface area contributed by atoms with E-state index in [1.807, 2.05) is 55.5 Å². The van der Waals surface area contributed by atoms with Gasteiger partial charge in [-0.05, 0) is 84.6 Å². The number of fused-ring (bicyclic) bond motifs is 1. The monoisotopic (exact) mass is 684 g/mol. The molecule has 0 saturated carbocycles. The molecule has 12 nitrogen and oxygen atoms in total. The van der Waals surface area contributed by atoms with Crippen molar-refractivity contribution in [2.24, 2.45) is 0 Å². The van der Waals surface area contributed by atoms with Crippen LogP contribution in [0.2, 0.25) is 0 Å². The van der Waals surface area contributed by atoms with Crippen molar-refractivity contribution in [3.63, 3.8) is 0 Å². The van der Waals surface area contributed by atoms with Crippen LogP contribution in [0.5, 0.6) is 0 Å². The molecule has 4 N–H and O–H groups in total. The minimum atomic E-state index is -0.758. The van der Waals surface area contributed by atoms with Crippen molar-refractivity contribution in [3.8, 4) is 11.3 Å². The lowest BCUT2D eigenvalue weighted by Gasteiger charge is -2.29. The lowest BCUT2D eigenvalue weighted by atomic mass is 10.0. The number of anilines is 3. The van der Waals surface area contributed by atoms with Gasteiger partial charge in [-0.1, -0.05) is 18.2 Å². The van der Waals surface area contributed by atoms with Crippen LogP contribution >= 0.6 is 0 Å². The number of carbonyl (C=O) groups excluding carboxylic acids is 4. The molecule has 13 heteroatoms. The maximum atomic E-state index is 15.0. The molecule has 5 aromatic rings. The van der Waals surface area contributed by atoms with E-state index in [1.165, 1.54) is 11.0 Å². The third kappa shape index (κ3) is 7.33. The zero-order chi connectivity index (χ0) is 35.5. The summed E-state index contributed by atoms with van der Waals surface area (Å²) >= 11 is 0. The quantitative estimate of drug-likeness (QED) is 0.148. The van der Waals surface area contributed by atoms with Crippen molar-refractivity contribution < 1.29 is 23.6 Å². The van der Waals surface area contributed by atoms with Crippen LogP contribution in [-0.2, 0) is 29.2 Å². The maximum Gasteiger partial charge on any atom is 0.255 e. The Bertz CT molecular complexity index is 2160. The zero-order valence-electron chi connectivity index (χ0n) is 27.6. The van der Waals surface area contributed by atoms with Gasteiger partial charge >= 0.3 is 0 Å². The smallest absolute Gasteiger partial charge is 0.255 e. The number of hydrogen-bond donors (Lipinski definition) is 4. The number of imide groups is 1. The Hall–Kier alpha value is -6.34. The van der Waals surface area contributed by atoms with Crippen LogP contribution in [-0.4, -0.2) is 49.5 Å². The van der Waals surface area contributed by atoms with Gasteiger partial charge in [0.15, 0.2) is 0 Å². The molecule has 256 valence electrons. The highest BCUT2D eigenvalue weighted by Gasteiger charge is 2.39. The van der Waals surface area contributed by atoms with E-state index >= 15 is 4.39 Å². The van der Waals surface area contributed by atoms with E-state index in [9.17, 15) is 19.2 Å². The summed E-state index contributed by atoms with van der Waals surface area (Å²) in [5.74, 6) is -1.67. The van der Waals surface area contributed by atoms with Gasteiger partial charge in [-0.25, -0.2) is 14.4 Å². The molecule has 4 heterocycles. The molecule has 2 aliphatic heterocycles. The highest BCUT2D eigenvalue weighted by atomic mass is 19.1. The second-order valence-electron chi connectivity index (χ2n) is 12.4. The molecule has 1 fully saturated rings. The van der Waals surface area contributed by atoms with Gasteiger partial charge in [0.05, 0.1) is 5.69 Å². The fourth-order valence-electron chi connectivity index (χ4n) is 6.14. The second-order valence-corrected chi connectivity index (χ2v) is 12.4. The van der Waals surface area contributed by atoms with Gasteiger partial charge in [-0.2, -0.15) is 0 Å². The number of carbonyl (C=O) groups is 4. The van der Waals surface area contributed by atoms with Gasteiger partial charge in [0.25, 0.3) is 11.8 Å². The number of aromatic nitrogens is 3. The summed E-state index contributed by atoms with van der Waals surface area (Å²) in [7, 11) is 0. The predicted octanol–water partition coefficient (Wildman–Crippen LogP) is 5.03. The highest BCUT2D eigenvalue weighted by Crippen LogP contribution is 2.30. The third-order valence-corrected chi connectivity index (χ3v) is 8.91. The number of nitrogens with zero attached hydrogens (tertiary/aromatic N) is 4. The van der Waals surface area contributed by atoms with E-state index in [1.54, 1.807) is 36.8 Å². The molecule has 7 rings (SSSR count). The van der Waals surface area contributed by atoms with Crippen LogP contribution < -0.4 is 21.3 Å². The number of hydrogen-bond acceptors (Lipinski definition) is 9. The molecule has 0 aliphatic carbocycles. The maximum absolute atomic E-state index is 15.0. The Morgan fingerprint density at radius 1 is 1.00 bits per heavy atom. The number of benzene rings is 3. The van der Waals surface area contributed by atoms with Crippen molar-refractivity contribution >= 4 is 41.0 Å². The zero-order valence-corrected chi connectivity index (χ0v) is 27.6. The first-order valence-electron chi connectivity index (χ1n) is 16.4. The van der Waals surface area contributed by atoms with Gasteiger partial charge in [0, 0.05) is 78.3 Å². The lowest BCUT2D eigenvalue weighted by Crippen LogP contribution is -2.52. The molecule has 2 aromatic heterocycles. The number of nitrogens with one attached hydrogen (secondary N) is 4. The summed E-state index contributed by atoms with van der Waals surface area (Å²) in [4.78, 5) is 64.4. The van der Waals surface area contributed by atoms with Gasteiger partial charge in [-0.3, -0.25) is 29.5 Å². The molecule has 2 aliphatic rings. The second kappa shape index (κ2) is 14.3. The standard InChI is InChI=1S/C38H33FN8O4/c1-22-4-9-28(16-32(22)45-38-42-14-12-31(44-38)25-3-2-13-40-19-25)43-35(49)24-7-5-23(6-8-24)18-41-20-26-15-27-21-47(37(51)29(27)17-30(26)39)33-10-11-34(48)46-36(33)50/h2-9,12-17,19,33,41H,10-11,18,20-21H2,1H3,(H,43,49)(H,42,44,45)(H,46,48,50). The Morgan fingerprint density at radius 3 is 2.63 bits per heavy atom. The average Bonchev–Trinajstić information content (AvgIpc) is 3.44. The van der Waals surface area contributed by atoms with Crippen LogP contribution in [0.1, 0.15) is 55.8 Å². The van der Waals surface area contributed by atoms with Crippen LogP contribution in [0.3, 0.4) is 0 Å². The highest BCUT2D eigenvalue weighted by molar-refractivity contribution is 6.06. The fourth-order valence-corrected chi connectivity index (χ4v) is 6.14. The van der Waals surface area contributed by atoms with Crippen molar-refractivity contribution in [3.05, 3.63) is 131 Å². The SMILES string of the molecule is Cc1ccc(NC(=O)c2ccc(CNCc3cc4c(cc3F)C(=O)N(C3CCC(=O)NC3=O)C4)cc2)cc1Nc1nccc(-c2cccnc2)n1. The molecule has 0 radical (unpaired) electrons. The normalized spacial score (nSPS) is 15.4. The van der Waals surface area contributed by atoms with E-state index < -0.39 is 23.7 Å². The third-order valence-electron chi connectivity index (χ3n) is 8.91. The Morgan fingerprint density at radius 2 is 1.84 bits per heavy atom. The number of amides is 4. The number of piperidine rings is 1. The molecule has 1 saturated heterocycles. The molecular weight excluding hydrogens is 651 g/mol. The van der Waals surface area contributed by atoms with Gasteiger partial charge in [0.1, 0.15) is 11.9 Å². The molecule has 0 spiro atoms. The van der Waals surface area contributed by atoms with Crippen molar-refractivity contribution in [1.82, 2.24) is 30.5 Å².